The van der Waals surface area contributed by atoms with Gasteiger partial charge in [-0.2, -0.15) is 0 Å². The minimum atomic E-state index is -4.58. The summed E-state index contributed by atoms with van der Waals surface area (Å²) in [7, 11) is -4.58. The Balaban J connectivity index is 1.51. The molecule has 11 atom stereocenters. The fourth-order valence-corrected chi connectivity index (χ4v) is 12.4. The van der Waals surface area contributed by atoms with E-state index in [9.17, 15) is 29.4 Å². The van der Waals surface area contributed by atoms with Gasteiger partial charge in [-0.15, -0.1) is 0 Å². The molecule has 0 aliphatic heterocycles. The Kier molecular flexibility index (Phi) is 6.89. The van der Waals surface area contributed by atoms with Crippen molar-refractivity contribution in [3.8, 4) is 0 Å². The van der Waals surface area contributed by atoms with Crippen molar-refractivity contribution in [1.82, 2.24) is 0 Å². The molecule has 38 heavy (non-hydrogen) atoms. The second-order valence-corrected chi connectivity index (χ2v) is 16.7. The third kappa shape index (κ3) is 3.88. The monoisotopic (exact) mass is 554 g/mol. The van der Waals surface area contributed by atoms with E-state index in [0.29, 0.717) is 24.7 Å². The van der Waals surface area contributed by atoms with Crippen LogP contribution in [0, 0.1) is 62.6 Å². The molecule has 5 saturated carbocycles. The maximum absolute atomic E-state index is 12.9. The van der Waals surface area contributed by atoms with Gasteiger partial charge in [-0.25, -0.2) is 4.57 Å². The minimum absolute atomic E-state index is 0.00189. The molecule has 4 N–H and O–H groups in total. The fourth-order valence-electron chi connectivity index (χ4n) is 12.0. The van der Waals surface area contributed by atoms with Crippen molar-refractivity contribution in [2.75, 3.05) is 6.61 Å². The van der Waals surface area contributed by atoms with Crippen molar-refractivity contribution in [2.45, 2.75) is 112 Å². The van der Waals surface area contributed by atoms with Crippen LogP contribution in [-0.4, -0.2) is 38.7 Å². The number of fused-ring (bicyclic) bond motifs is 7. The zero-order chi connectivity index (χ0) is 28.1. The van der Waals surface area contributed by atoms with Gasteiger partial charge >= 0.3 is 13.8 Å². The van der Waals surface area contributed by atoms with Gasteiger partial charge in [0.2, 0.25) is 0 Å². The van der Waals surface area contributed by atoms with Gasteiger partial charge in [-0.3, -0.25) is 9.32 Å². The van der Waals surface area contributed by atoms with E-state index in [0.717, 1.165) is 51.4 Å². The second kappa shape index (κ2) is 9.02. The molecule has 6 unspecified atom stereocenters. The van der Waals surface area contributed by atoms with E-state index in [1.165, 1.54) is 0 Å². The standard InChI is InChI=1S/C30H51O7P/c1-18(17-37-38(34,35)36)19-9-14-30(25(32)33)16-15-28(5)20(24(19)30)7-8-22-27(4)12-11-23(31)26(2,3)21(27)10-13-29(22,28)6/h18-24,31H,7-17H2,1-6H3,(H,32,33)(H2,34,35,36)/t18?,19?,20?,21?,22?,23-,24?,27-,28+,29+,30-/m0/s1. The van der Waals surface area contributed by atoms with Gasteiger partial charge in [-0.1, -0.05) is 41.5 Å². The summed E-state index contributed by atoms with van der Waals surface area (Å²) in [5.74, 6) is 0.606. The Morgan fingerprint density at radius 1 is 0.895 bits per heavy atom. The van der Waals surface area contributed by atoms with E-state index < -0.39 is 19.2 Å². The highest BCUT2D eigenvalue weighted by Gasteiger charge is 2.72. The minimum Gasteiger partial charge on any atom is -0.481 e. The molecular weight excluding hydrogens is 503 g/mol. The lowest BCUT2D eigenvalue weighted by Crippen LogP contribution is -2.67. The van der Waals surface area contributed by atoms with Gasteiger partial charge in [0.25, 0.3) is 0 Å². The number of aliphatic hydroxyl groups excluding tert-OH is 1. The van der Waals surface area contributed by atoms with Crippen LogP contribution in [0.4, 0.5) is 0 Å². The van der Waals surface area contributed by atoms with Crippen LogP contribution in [0.3, 0.4) is 0 Å². The molecule has 0 amide bonds. The summed E-state index contributed by atoms with van der Waals surface area (Å²) in [4.78, 5) is 31.6. The molecular formula is C30H51O7P. The number of hydrogen-bond donors (Lipinski definition) is 4. The molecule has 218 valence electrons. The zero-order valence-electron chi connectivity index (χ0n) is 24.3. The lowest BCUT2D eigenvalue weighted by atomic mass is 9.32. The lowest BCUT2D eigenvalue weighted by molar-refractivity contribution is -0.249. The van der Waals surface area contributed by atoms with Gasteiger partial charge in [0.05, 0.1) is 18.1 Å². The number of carbonyl (C=O) groups is 1. The number of rotatable bonds is 5. The summed E-state index contributed by atoms with van der Waals surface area (Å²) in [6.45, 7) is 14.0. The van der Waals surface area contributed by atoms with Crippen molar-refractivity contribution in [2.24, 2.45) is 62.6 Å². The Labute approximate surface area is 228 Å². The molecule has 0 radical (unpaired) electrons. The van der Waals surface area contributed by atoms with Crippen LogP contribution in [0.1, 0.15) is 106 Å². The van der Waals surface area contributed by atoms with Crippen LogP contribution in [0.5, 0.6) is 0 Å². The molecule has 7 nitrogen and oxygen atoms in total. The smallest absolute Gasteiger partial charge is 0.469 e. The van der Waals surface area contributed by atoms with Crippen molar-refractivity contribution >= 4 is 13.8 Å². The van der Waals surface area contributed by atoms with Crippen LogP contribution in [0.25, 0.3) is 0 Å². The first-order valence-corrected chi connectivity index (χ1v) is 16.6. The summed E-state index contributed by atoms with van der Waals surface area (Å²) in [6.07, 6.45) is 9.07. The molecule has 5 rings (SSSR count). The molecule has 0 spiro atoms. The average molecular weight is 555 g/mol. The third-order valence-electron chi connectivity index (χ3n) is 14.1. The summed E-state index contributed by atoms with van der Waals surface area (Å²) >= 11 is 0. The summed E-state index contributed by atoms with van der Waals surface area (Å²) in [5.41, 5.74) is -0.553. The van der Waals surface area contributed by atoms with Crippen LogP contribution in [0.2, 0.25) is 0 Å². The van der Waals surface area contributed by atoms with Crippen LogP contribution in [0.15, 0.2) is 0 Å². The van der Waals surface area contributed by atoms with E-state index in [1.54, 1.807) is 0 Å². The Bertz CT molecular complexity index is 1010. The number of aliphatic hydroxyl groups is 1. The highest BCUT2D eigenvalue weighted by Crippen LogP contribution is 2.77. The van der Waals surface area contributed by atoms with E-state index in [1.807, 2.05) is 6.92 Å². The van der Waals surface area contributed by atoms with Gasteiger partial charge in [0.15, 0.2) is 0 Å². The highest BCUT2D eigenvalue weighted by atomic mass is 31.2. The summed E-state index contributed by atoms with van der Waals surface area (Å²) in [6, 6.07) is 0. The number of phosphoric ester groups is 1. The van der Waals surface area contributed by atoms with Gasteiger partial charge in [0.1, 0.15) is 0 Å². The molecule has 0 aromatic carbocycles. The van der Waals surface area contributed by atoms with E-state index in [2.05, 4.69) is 34.6 Å². The second-order valence-electron chi connectivity index (χ2n) is 15.5. The van der Waals surface area contributed by atoms with Crippen molar-refractivity contribution in [1.29, 1.82) is 0 Å². The van der Waals surface area contributed by atoms with Crippen LogP contribution in [-0.2, 0) is 13.9 Å². The van der Waals surface area contributed by atoms with Gasteiger partial charge in [0, 0.05) is 0 Å². The van der Waals surface area contributed by atoms with Gasteiger partial charge in [-0.05, 0) is 121 Å². The number of carboxylic acids is 1. The SMILES string of the molecule is CC(COP(=O)(O)O)C1CC[C@]2(C(=O)O)CC[C@]3(C)C(CCC4[C@@]5(C)CC[C@H](O)C(C)(C)C5CC[C@]43C)C12. The maximum atomic E-state index is 12.9. The van der Waals surface area contributed by atoms with Crippen LogP contribution >= 0.6 is 7.82 Å². The Hall–Kier alpha value is -0.460. The van der Waals surface area contributed by atoms with Crippen molar-refractivity contribution in [3.63, 3.8) is 0 Å². The van der Waals surface area contributed by atoms with Crippen molar-refractivity contribution in [3.05, 3.63) is 0 Å². The Morgan fingerprint density at radius 3 is 2.21 bits per heavy atom. The molecule has 0 heterocycles. The predicted molar refractivity (Wildman–Crippen MR) is 145 cm³/mol. The highest BCUT2D eigenvalue weighted by molar-refractivity contribution is 7.46. The normalized spacial score (nSPS) is 50.8. The molecule has 5 aliphatic rings. The first-order valence-electron chi connectivity index (χ1n) is 15.1. The number of carboxylic acid groups (broad SMARTS) is 1. The molecule has 5 fully saturated rings. The predicted octanol–water partition coefficient (Wildman–Crippen LogP) is 6.26. The molecule has 5 aliphatic carbocycles. The molecule has 8 heteroatoms. The zero-order valence-corrected chi connectivity index (χ0v) is 25.2. The first kappa shape index (κ1) is 29.0. The summed E-state index contributed by atoms with van der Waals surface area (Å²) < 4.78 is 16.4. The quantitative estimate of drug-likeness (QED) is 0.296. The first-order chi connectivity index (χ1) is 17.4. The van der Waals surface area contributed by atoms with E-state index in [-0.39, 0.29) is 58.0 Å². The molecule has 0 saturated heterocycles. The topological polar surface area (TPSA) is 124 Å². The summed E-state index contributed by atoms with van der Waals surface area (Å²) in [5, 5.41) is 21.6. The van der Waals surface area contributed by atoms with Gasteiger partial charge < -0.3 is 20.0 Å². The molecule has 0 aromatic rings. The lowest BCUT2D eigenvalue weighted by Gasteiger charge is -2.72. The molecule has 0 bridgehead atoms. The average Bonchev–Trinajstić information content (AvgIpc) is 3.21. The number of phosphoric acid groups is 1. The third-order valence-corrected chi connectivity index (χ3v) is 14.6. The largest absolute Gasteiger partial charge is 0.481 e. The van der Waals surface area contributed by atoms with E-state index >= 15 is 0 Å². The fraction of sp³-hybridized carbons (Fsp3) is 0.967. The Morgan fingerprint density at radius 2 is 1.58 bits per heavy atom. The number of hydrogen-bond acceptors (Lipinski definition) is 4. The van der Waals surface area contributed by atoms with E-state index in [4.69, 9.17) is 4.52 Å². The number of aliphatic carboxylic acids is 1. The molecule has 0 aromatic heterocycles. The van der Waals surface area contributed by atoms with Crippen LogP contribution < -0.4 is 0 Å². The van der Waals surface area contributed by atoms with Crippen molar-refractivity contribution < 1.29 is 33.9 Å². The maximum Gasteiger partial charge on any atom is 0.469 e.